The molecule has 1 aromatic rings. The third kappa shape index (κ3) is 3.50. The van der Waals surface area contributed by atoms with Crippen molar-refractivity contribution in [1.82, 2.24) is 10.2 Å². The lowest BCUT2D eigenvalue weighted by atomic mass is 10.1. The smallest absolute Gasteiger partial charge is 0.269 e. The standard InChI is InChI=1S/C13H16N4O2/c14-9-13-10-15-6-8-16(13)7-5-11-1-3-12(4-2-11)17(18)19/h1-4,13,15H,5-8,10H2. The molecule has 1 aromatic carbocycles. The van der Waals surface area contributed by atoms with E-state index in [2.05, 4.69) is 16.3 Å². The number of hydrogen-bond donors (Lipinski definition) is 1. The van der Waals surface area contributed by atoms with Gasteiger partial charge in [0.1, 0.15) is 6.04 Å². The highest BCUT2D eigenvalue weighted by Crippen LogP contribution is 2.13. The monoisotopic (exact) mass is 260 g/mol. The molecular formula is C13H16N4O2. The molecule has 1 N–H and O–H groups in total. The van der Waals surface area contributed by atoms with Gasteiger partial charge in [-0.25, -0.2) is 0 Å². The molecule has 6 heteroatoms. The van der Waals surface area contributed by atoms with E-state index in [1.54, 1.807) is 12.1 Å². The Hall–Kier alpha value is -1.97. The van der Waals surface area contributed by atoms with Crippen LogP contribution in [-0.4, -0.2) is 42.0 Å². The second-order valence-corrected chi connectivity index (χ2v) is 4.56. The van der Waals surface area contributed by atoms with Crippen LogP contribution in [0.25, 0.3) is 0 Å². The first-order valence-electron chi connectivity index (χ1n) is 6.28. The number of nitrogens with one attached hydrogen (secondary N) is 1. The summed E-state index contributed by atoms with van der Waals surface area (Å²) in [6, 6.07) is 8.82. The quantitative estimate of drug-likeness (QED) is 0.643. The first-order chi connectivity index (χ1) is 9.20. The Kier molecular flexibility index (Phi) is 4.44. The van der Waals surface area contributed by atoms with Crippen LogP contribution >= 0.6 is 0 Å². The van der Waals surface area contributed by atoms with Crippen LogP contribution in [0.1, 0.15) is 5.56 Å². The van der Waals surface area contributed by atoms with Gasteiger partial charge in [-0.3, -0.25) is 15.0 Å². The Morgan fingerprint density at radius 3 is 2.84 bits per heavy atom. The summed E-state index contributed by atoms with van der Waals surface area (Å²) in [5, 5.41) is 22.8. The molecular weight excluding hydrogens is 244 g/mol. The normalized spacial score (nSPS) is 19.8. The van der Waals surface area contributed by atoms with Crippen LogP contribution in [0.4, 0.5) is 5.69 Å². The molecule has 1 aliphatic rings. The third-order valence-corrected chi connectivity index (χ3v) is 3.34. The van der Waals surface area contributed by atoms with Gasteiger partial charge in [0, 0.05) is 38.3 Å². The summed E-state index contributed by atoms with van der Waals surface area (Å²) in [6.07, 6.45) is 0.802. The Bertz CT molecular complexity index is 480. The van der Waals surface area contributed by atoms with Gasteiger partial charge in [-0.1, -0.05) is 12.1 Å². The van der Waals surface area contributed by atoms with E-state index in [9.17, 15) is 10.1 Å². The Morgan fingerprint density at radius 2 is 2.21 bits per heavy atom. The van der Waals surface area contributed by atoms with E-state index >= 15 is 0 Å². The highest BCUT2D eigenvalue weighted by Gasteiger charge is 2.20. The summed E-state index contributed by atoms with van der Waals surface area (Å²) in [5.74, 6) is 0. The molecule has 2 rings (SSSR count). The molecule has 0 bridgehead atoms. The van der Waals surface area contributed by atoms with Gasteiger partial charge in [-0.05, 0) is 12.0 Å². The van der Waals surface area contributed by atoms with Crippen LogP contribution in [0.3, 0.4) is 0 Å². The zero-order chi connectivity index (χ0) is 13.7. The van der Waals surface area contributed by atoms with Crippen LogP contribution in [0.15, 0.2) is 24.3 Å². The van der Waals surface area contributed by atoms with Crippen LogP contribution in [0.5, 0.6) is 0 Å². The zero-order valence-corrected chi connectivity index (χ0v) is 10.6. The first-order valence-corrected chi connectivity index (χ1v) is 6.28. The SMILES string of the molecule is N#CC1CNCCN1CCc1ccc([N+](=O)[O-])cc1. The second-order valence-electron chi connectivity index (χ2n) is 4.56. The van der Waals surface area contributed by atoms with E-state index in [0.29, 0.717) is 6.54 Å². The average Bonchev–Trinajstić information content (AvgIpc) is 2.45. The maximum Gasteiger partial charge on any atom is 0.269 e. The minimum atomic E-state index is -0.397. The van der Waals surface area contributed by atoms with Gasteiger partial charge in [0.25, 0.3) is 5.69 Å². The van der Waals surface area contributed by atoms with Crippen molar-refractivity contribution in [1.29, 1.82) is 5.26 Å². The fraction of sp³-hybridized carbons (Fsp3) is 0.462. The van der Waals surface area contributed by atoms with Gasteiger partial charge in [-0.2, -0.15) is 5.26 Å². The predicted molar refractivity (Wildman–Crippen MR) is 70.6 cm³/mol. The lowest BCUT2D eigenvalue weighted by Crippen LogP contribution is -2.51. The van der Waals surface area contributed by atoms with Gasteiger partial charge in [0.2, 0.25) is 0 Å². The summed E-state index contributed by atoms with van der Waals surface area (Å²) in [4.78, 5) is 12.3. The number of nitro groups is 1. The molecule has 0 radical (unpaired) electrons. The molecule has 1 unspecified atom stereocenters. The zero-order valence-electron chi connectivity index (χ0n) is 10.6. The lowest BCUT2D eigenvalue weighted by Gasteiger charge is -2.31. The second kappa shape index (κ2) is 6.27. The Morgan fingerprint density at radius 1 is 1.47 bits per heavy atom. The van der Waals surface area contributed by atoms with E-state index in [0.717, 1.165) is 31.6 Å². The molecule has 1 heterocycles. The Labute approximate surface area is 111 Å². The van der Waals surface area contributed by atoms with Crippen molar-refractivity contribution in [2.24, 2.45) is 0 Å². The highest BCUT2D eigenvalue weighted by molar-refractivity contribution is 5.32. The molecule has 1 atom stereocenters. The molecule has 1 aliphatic heterocycles. The van der Waals surface area contributed by atoms with Crippen molar-refractivity contribution in [3.8, 4) is 6.07 Å². The fourth-order valence-electron chi connectivity index (χ4n) is 2.20. The molecule has 6 nitrogen and oxygen atoms in total. The van der Waals surface area contributed by atoms with Gasteiger partial charge in [0.05, 0.1) is 11.0 Å². The number of nitrogens with zero attached hydrogens (tertiary/aromatic N) is 3. The first kappa shape index (κ1) is 13.5. The van der Waals surface area contributed by atoms with E-state index in [1.165, 1.54) is 12.1 Å². The van der Waals surface area contributed by atoms with Crippen LogP contribution in [0, 0.1) is 21.4 Å². The van der Waals surface area contributed by atoms with Crippen molar-refractivity contribution >= 4 is 5.69 Å². The number of rotatable bonds is 4. The topological polar surface area (TPSA) is 82.2 Å². The minimum Gasteiger partial charge on any atom is -0.313 e. The van der Waals surface area contributed by atoms with Gasteiger partial charge in [-0.15, -0.1) is 0 Å². The predicted octanol–water partition coefficient (Wildman–Crippen LogP) is 0.935. The Balaban J connectivity index is 1.91. The molecule has 0 saturated carbocycles. The van der Waals surface area contributed by atoms with Crippen LogP contribution < -0.4 is 5.32 Å². The summed E-state index contributed by atoms with van der Waals surface area (Å²) in [6.45, 7) is 3.28. The summed E-state index contributed by atoms with van der Waals surface area (Å²) in [7, 11) is 0. The number of non-ortho nitro benzene ring substituents is 1. The number of piperazine rings is 1. The maximum absolute atomic E-state index is 10.6. The molecule has 19 heavy (non-hydrogen) atoms. The number of hydrogen-bond acceptors (Lipinski definition) is 5. The lowest BCUT2D eigenvalue weighted by molar-refractivity contribution is -0.384. The summed E-state index contributed by atoms with van der Waals surface area (Å²) >= 11 is 0. The van der Waals surface area contributed by atoms with Gasteiger partial charge < -0.3 is 5.32 Å². The summed E-state index contributed by atoms with van der Waals surface area (Å²) in [5.41, 5.74) is 1.17. The molecule has 0 aliphatic carbocycles. The van der Waals surface area contributed by atoms with Gasteiger partial charge in [0.15, 0.2) is 0 Å². The number of nitro benzene ring substituents is 1. The molecule has 1 saturated heterocycles. The number of nitriles is 1. The molecule has 100 valence electrons. The van der Waals surface area contributed by atoms with E-state index in [-0.39, 0.29) is 11.7 Å². The van der Waals surface area contributed by atoms with Gasteiger partial charge >= 0.3 is 0 Å². The van der Waals surface area contributed by atoms with E-state index in [1.807, 2.05) is 0 Å². The molecule has 0 aromatic heterocycles. The maximum atomic E-state index is 10.6. The van der Waals surface area contributed by atoms with E-state index < -0.39 is 4.92 Å². The van der Waals surface area contributed by atoms with Crippen molar-refractivity contribution in [2.45, 2.75) is 12.5 Å². The van der Waals surface area contributed by atoms with Crippen molar-refractivity contribution in [3.63, 3.8) is 0 Å². The molecule has 1 fully saturated rings. The van der Waals surface area contributed by atoms with E-state index in [4.69, 9.17) is 5.26 Å². The van der Waals surface area contributed by atoms with Crippen molar-refractivity contribution in [3.05, 3.63) is 39.9 Å². The fourth-order valence-corrected chi connectivity index (χ4v) is 2.20. The summed E-state index contributed by atoms with van der Waals surface area (Å²) < 4.78 is 0. The van der Waals surface area contributed by atoms with Crippen LogP contribution in [-0.2, 0) is 6.42 Å². The average molecular weight is 260 g/mol. The highest BCUT2D eigenvalue weighted by atomic mass is 16.6. The largest absolute Gasteiger partial charge is 0.313 e. The number of benzene rings is 1. The van der Waals surface area contributed by atoms with Crippen LogP contribution in [0.2, 0.25) is 0 Å². The van der Waals surface area contributed by atoms with Crippen molar-refractivity contribution < 1.29 is 4.92 Å². The van der Waals surface area contributed by atoms with Crippen molar-refractivity contribution in [2.75, 3.05) is 26.2 Å². The molecule has 0 amide bonds. The molecule has 0 spiro atoms. The third-order valence-electron chi connectivity index (χ3n) is 3.34. The minimum absolute atomic E-state index is 0.0770.